The van der Waals surface area contributed by atoms with Gasteiger partial charge in [0.2, 0.25) is 0 Å². The van der Waals surface area contributed by atoms with E-state index in [1.165, 1.54) is 5.56 Å². The SMILES string of the molecule is C[C@H](P(c1cc(C(F)(F)F)cc(C(F)(F)F)c1)c1cc(C(F)(F)F)cc(C(F)(F)F)c1)[C@]12[CH]3[CH]4[CH]5[C]1(c1ccccc1P(c1ccccc1)c1ccccc1)[Fe]45321678[CH]2[CH]1[CH]6[CH]7[CH]28. The van der Waals surface area contributed by atoms with Crippen molar-refractivity contribution < 1.29 is 59.2 Å². The molecule has 6 atom stereocenters. The van der Waals surface area contributed by atoms with Crippen molar-refractivity contribution >= 4 is 42.4 Å². The molecule has 61 heavy (non-hydrogen) atoms. The van der Waals surface area contributed by atoms with E-state index in [1.807, 2.05) is 48.5 Å². The molecule has 10 heterocycles. The molecule has 0 aliphatic carbocycles. The molecule has 15 rings (SSSR count). The molecule has 0 amide bonds. The minimum absolute atomic E-state index is 0.0207. The number of alkyl halides is 12. The Morgan fingerprint density at radius 3 is 1.20 bits per heavy atom. The molecule has 0 N–H and O–H groups in total. The minimum atomic E-state index is -5.28. The van der Waals surface area contributed by atoms with E-state index in [1.54, 1.807) is 6.92 Å². The molecule has 5 aromatic rings. The van der Waals surface area contributed by atoms with E-state index in [4.69, 9.17) is 0 Å². The van der Waals surface area contributed by atoms with Crippen LogP contribution in [0.15, 0.2) is 121 Å². The molecule has 10 fully saturated rings. The standard InChI is InChI=1S/C41H27F12P2.C5H5.Fe/c1-25(34-16-10-17-35(34)36-15-8-9-18-37(36)55(30-11-4-2-5-12-30)31-13-6-3-7-14-31)54(32-21-26(38(42,43)44)19-27(22-32)39(45,46)47)33-23-28(40(48,49)50)20-29(24-33)41(51,52)53;1-2-4-5-3-1;/h2-25H,1H3;1-5H;/t25-;;/m0../s1. The third kappa shape index (κ3) is 1.51. The van der Waals surface area contributed by atoms with Crippen molar-refractivity contribution in [2.75, 3.05) is 0 Å². The molecular weight excluding hydrogens is 898 g/mol. The topological polar surface area (TPSA) is 0 Å². The quantitative estimate of drug-likeness (QED) is 0.0826. The molecule has 10 aliphatic heterocycles. The summed E-state index contributed by atoms with van der Waals surface area (Å²) < 4.78 is 174. The van der Waals surface area contributed by atoms with Crippen LogP contribution in [0.1, 0.15) is 34.7 Å². The summed E-state index contributed by atoms with van der Waals surface area (Å²) in [4.78, 5) is 3.56. The van der Waals surface area contributed by atoms with E-state index in [-0.39, 0.29) is 21.3 Å². The number of benzene rings is 5. The second-order valence-corrected chi connectivity index (χ2v) is 48.9. The molecule has 15 heteroatoms. The summed E-state index contributed by atoms with van der Waals surface area (Å²) in [5, 5.41) is 2.34. The number of hydrogen-bond acceptors (Lipinski definition) is 0. The van der Waals surface area contributed by atoms with Crippen LogP contribution in [0, 0.1) is 0 Å². The molecular formula is C46H32F12FeP2. The van der Waals surface area contributed by atoms with Gasteiger partial charge >= 0.3 is 335 Å². The van der Waals surface area contributed by atoms with Crippen LogP contribution in [0.2, 0.25) is 42.8 Å². The fraction of sp³-hybridized carbons (Fsp3) is 0.348. The van der Waals surface area contributed by atoms with E-state index in [9.17, 15) is 52.7 Å². The van der Waals surface area contributed by atoms with Gasteiger partial charge < -0.3 is 0 Å². The van der Waals surface area contributed by atoms with E-state index < -0.39 is 89.9 Å². The van der Waals surface area contributed by atoms with Crippen molar-refractivity contribution in [3.63, 3.8) is 0 Å². The number of rotatable bonds is 8. The van der Waals surface area contributed by atoms with Gasteiger partial charge in [-0.3, -0.25) is 0 Å². The molecule has 0 bridgehead atoms. The zero-order valence-electron chi connectivity index (χ0n) is 31.5. The Kier molecular flexibility index (Phi) is 4.01. The summed E-state index contributed by atoms with van der Waals surface area (Å²) in [6.45, 7) is -3.29. The Bertz CT molecular complexity index is 3050. The van der Waals surface area contributed by atoms with E-state index in [0.717, 1.165) is 15.9 Å². The summed E-state index contributed by atoms with van der Waals surface area (Å²) in [6, 6.07) is 30.7. The van der Waals surface area contributed by atoms with Gasteiger partial charge in [0.25, 0.3) is 0 Å². The third-order valence-electron chi connectivity index (χ3n) is 23.2. The molecule has 4 unspecified atom stereocenters. The van der Waals surface area contributed by atoms with Gasteiger partial charge in [0.15, 0.2) is 0 Å². The first-order valence-corrected chi connectivity index (χ1v) is 29.0. The Balaban J connectivity index is 1.01. The summed E-state index contributed by atoms with van der Waals surface area (Å²) in [5.74, 6) is 0. The summed E-state index contributed by atoms with van der Waals surface area (Å²) in [5.41, 5.74) is -6.14. The molecule has 10 saturated heterocycles. The Morgan fingerprint density at radius 1 is 0.459 bits per heavy atom. The van der Waals surface area contributed by atoms with Crippen LogP contribution in [0.25, 0.3) is 0 Å². The third-order valence-corrected chi connectivity index (χ3v) is 72.0. The number of hydrogen-bond donors (Lipinski definition) is 0. The van der Waals surface area contributed by atoms with Gasteiger partial charge in [-0.15, -0.1) is 0 Å². The van der Waals surface area contributed by atoms with Crippen molar-refractivity contribution in [2.45, 2.75) is 84.4 Å². The fourth-order valence-electron chi connectivity index (χ4n) is 24.2. The predicted octanol–water partition coefficient (Wildman–Crippen LogP) is 13.2. The summed E-state index contributed by atoms with van der Waals surface area (Å²) in [6.07, 6.45) is -21.1. The normalized spacial score (nSPS) is 44.7. The zero-order valence-corrected chi connectivity index (χ0v) is 34.4. The van der Waals surface area contributed by atoms with Crippen LogP contribution >= 0.6 is 15.8 Å². The average Bonchev–Trinajstić information content (AvgIpc) is 4.15. The van der Waals surface area contributed by atoms with E-state index in [0.29, 0.717) is 58.0 Å². The molecule has 10 aliphatic rings. The van der Waals surface area contributed by atoms with Gasteiger partial charge in [-0.05, 0) is 0 Å². The van der Waals surface area contributed by atoms with E-state index in [2.05, 4.69) is 36.4 Å². The first kappa shape index (κ1) is 36.0. The van der Waals surface area contributed by atoms with Crippen molar-refractivity contribution in [3.8, 4) is 0 Å². The molecule has 0 aromatic heterocycles. The van der Waals surface area contributed by atoms with Gasteiger partial charge in [0.1, 0.15) is 0 Å². The maximum atomic E-state index is 14.6. The molecule has 0 nitrogen and oxygen atoms in total. The maximum absolute atomic E-state index is 14.6. The molecule has 5 aromatic carbocycles. The first-order chi connectivity index (χ1) is 28.4. The Hall–Kier alpha value is -3.36. The zero-order chi connectivity index (χ0) is 42.6. The number of fused-ring (bicyclic) bond motifs is 10. The van der Waals surface area contributed by atoms with Gasteiger partial charge in [-0.2, -0.15) is 0 Å². The van der Waals surface area contributed by atoms with Crippen LogP contribution in [0.3, 0.4) is 0 Å². The van der Waals surface area contributed by atoms with Gasteiger partial charge in [0.05, 0.1) is 0 Å². The van der Waals surface area contributed by atoms with Crippen LogP contribution in [0.5, 0.6) is 0 Å². The van der Waals surface area contributed by atoms with Crippen molar-refractivity contribution in [2.24, 2.45) is 0 Å². The van der Waals surface area contributed by atoms with Gasteiger partial charge in [-0.1, -0.05) is 0 Å². The summed E-state index contributed by atoms with van der Waals surface area (Å²) >= 11 is 0. The second-order valence-electron chi connectivity index (χ2n) is 20.9. The molecule has 318 valence electrons. The van der Waals surface area contributed by atoms with Crippen molar-refractivity contribution in [1.82, 2.24) is 0 Å². The van der Waals surface area contributed by atoms with Gasteiger partial charge in [-0.25, -0.2) is 0 Å². The summed E-state index contributed by atoms with van der Waals surface area (Å²) in [7, 11) is -3.84. The average molecular weight is 931 g/mol. The Morgan fingerprint density at radius 2 is 0.836 bits per heavy atom. The molecule has 0 radical (unpaired) electrons. The van der Waals surface area contributed by atoms with Crippen molar-refractivity contribution in [3.05, 3.63) is 149 Å². The number of halogens is 12. The first-order valence-electron chi connectivity index (χ1n) is 20.0. The van der Waals surface area contributed by atoms with Crippen LogP contribution in [0.4, 0.5) is 52.7 Å². The fourth-order valence-corrected chi connectivity index (χ4v) is 110. The molecule has 0 saturated carbocycles. The van der Waals surface area contributed by atoms with Crippen LogP contribution < -0.4 is 26.5 Å². The second kappa shape index (κ2) is 6.79. The van der Waals surface area contributed by atoms with Crippen molar-refractivity contribution in [1.29, 1.82) is 0 Å². The van der Waals surface area contributed by atoms with Gasteiger partial charge in [0, 0.05) is 0 Å². The van der Waals surface area contributed by atoms with E-state index >= 15 is 0 Å². The Labute approximate surface area is 333 Å². The molecule has 1 spiro atoms. The monoisotopic (exact) mass is 930 g/mol. The predicted molar refractivity (Wildman–Crippen MR) is 208 cm³/mol. The van der Waals surface area contributed by atoms with Crippen LogP contribution in [-0.4, -0.2) is 5.66 Å². The van der Waals surface area contributed by atoms with Crippen LogP contribution in [-0.2, 0) is 35.5 Å².